The van der Waals surface area contributed by atoms with E-state index < -0.39 is 0 Å². The zero-order chi connectivity index (χ0) is 15.4. The van der Waals surface area contributed by atoms with Gasteiger partial charge in [0.25, 0.3) is 5.91 Å². The number of amides is 1. The monoisotopic (exact) mass is 282 g/mol. The Balaban J connectivity index is 2.19. The molecule has 3 nitrogen and oxygen atoms in total. The van der Waals surface area contributed by atoms with Crippen LogP contribution in [-0.2, 0) is 13.1 Å². The summed E-state index contributed by atoms with van der Waals surface area (Å²) in [6, 6.07) is 13.9. The van der Waals surface area contributed by atoms with Crippen LogP contribution in [0.3, 0.4) is 0 Å². The van der Waals surface area contributed by atoms with Gasteiger partial charge in [-0.1, -0.05) is 42.0 Å². The summed E-state index contributed by atoms with van der Waals surface area (Å²) in [5, 5.41) is 0. The second-order valence-electron chi connectivity index (χ2n) is 5.45. The first-order valence-corrected chi connectivity index (χ1v) is 7.12. The molecular weight excluding hydrogens is 260 g/mol. The zero-order valence-electron chi connectivity index (χ0n) is 12.9. The SMILES string of the molecule is Cc1ccc(C(=O)N(C)Cc2ccccc2CN)c(C)c1. The predicted octanol–water partition coefficient (Wildman–Crippen LogP) is 3.03. The smallest absolute Gasteiger partial charge is 0.254 e. The number of benzene rings is 2. The summed E-state index contributed by atoms with van der Waals surface area (Å²) in [5.41, 5.74) is 10.9. The van der Waals surface area contributed by atoms with Gasteiger partial charge < -0.3 is 10.6 Å². The summed E-state index contributed by atoms with van der Waals surface area (Å²) in [7, 11) is 1.83. The van der Waals surface area contributed by atoms with E-state index in [1.165, 1.54) is 5.56 Å². The third kappa shape index (κ3) is 3.50. The van der Waals surface area contributed by atoms with Crippen molar-refractivity contribution in [3.05, 3.63) is 70.3 Å². The first-order chi connectivity index (χ1) is 10.0. The Morgan fingerprint density at radius 1 is 1.10 bits per heavy atom. The quantitative estimate of drug-likeness (QED) is 0.937. The molecule has 0 bridgehead atoms. The van der Waals surface area contributed by atoms with Crippen LogP contribution in [0.1, 0.15) is 32.6 Å². The Hall–Kier alpha value is -2.13. The summed E-state index contributed by atoms with van der Waals surface area (Å²) in [5.74, 6) is 0.0410. The lowest BCUT2D eigenvalue weighted by atomic mass is 10.0. The van der Waals surface area contributed by atoms with Crippen molar-refractivity contribution < 1.29 is 4.79 Å². The maximum absolute atomic E-state index is 12.6. The summed E-state index contributed by atoms with van der Waals surface area (Å²) in [6.07, 6.45) is 0. The molecule has 0 radical (unpaired) electrons. The van der Waals surface area contributed by atoms with Crippen LogP contribution in [0.2, 0.25) is 0 Å². The minimum absolute atomic E-state index is 0.0410. The molecule has 0 fully saturated rings. The van der Waals surface area contributed by atoms with E-state index in [4.69, 9.17) is 5.73 Å². The van der Waals surface area contributed by atoms with Gasteiger partial charge in [-0.25, -0.2) is 0 Å². The van der Waals surface area contributed by atoms with Crippen molar-refractivity contribution in [2.24, 2.45) is 5.73 Å². The Morgan fingerprint density at radius 3 is 2.38 bits per heavy atom. The molecule has 0 aromatic heterocycles. The lowest BCUT2D eigenvalue weighted by Crippen LogP contribution is -2.27. The molecule has 2 N–H and O–H groups in total. The molecule has 0 saturated heterocycles. The van der Waals surface area contributed by atoms with Gasteiger partial charge >= 0.3 is 0 Å². The molecule has 0 unspecified atom stereocenters. The second kappa shape index (κ2) is 6.55. The molecule has 1 amide bonds. The highest BCUT2D eigenvalue weighted by Crippen LogP contribution is 2.16. The number of rotatable bonds is 4. The van der Waals surface area contributed by atoms with Crippen LogP contribution >= 0.6 is 0 Å². The van der Waals surface area contributed by atoms with Gasteiger partial charge in [0, 0.05) is 25.7 Å². The van der Waals surface area contributed by atoms with Crippen LogP contribution in [0.5, 0.6) is 0 Å². The Labute approximate surface area is 126 Å². The molecule has 0 atom stereocenters. The van der Waals surface area contributed by atoms with Crippen molar-refractivity contribution in [1.82, 2.24) is 4.90 Å². The van der Waals surface area contributed by atoms with E-state index in [0.29, 0.717) is 13.1 Å². The molecule has 0 aliphatic rings. The zero-order valence-corrected chi connectivity index (χ0v) is 12.9. The maximum atomic E-state index is 12.6. The Morgan fingerprint density at radius 2 is 1.76 bits per heavy atom. The molecule has 2 aromatic carbocycles. The topological polar surface area (TPSA) is 46.3 Å². The van der Waals surface area contributed by atoms with Gasteiger partial charge in [0.15, 0.2) is 0 Å². The molecule has 21 heavy (non-hydrogen) atoms. The first kappa shape index (κ1) is 15.3. The second-order valence-corrected chi connectivity index (χ2v) is 5.45. The number of nitrogens with zero attached hydrogens (tertiary/aromatic N) is 1. The summed E-state index contributed by atoms with van der Waals surface area (Å²) in [6.45, 7) is 5.06. The van der Waals surface area contributed by atoms with Gasteiger partial charge in [-0.15, -0.1) is 0 Å². The molecule has 2 rings (SSSR count). The van der Waals surface area contributed by atoms with E-state index >= 15 is 0 Å². The van der Waals surface area contributed by atoms with Crippen LogP contribution in [0.25, 0.3) is 0 Å². The third-order valence-electron chi connectivity index (χ3n) is 3.70. The lowest BCUT2D eigenvalue weighted by molar-refractivity contribution is 0.0784. The van der Waals surface area contributed by atoms with E-state index in [2.05, 4.69) is 0 Å². The molecule has 0 spiro atoms. The summed E-state index contributed by atoms with van der Waals surface area (Å²) >= 11 is 0. The number of carbonyl (C=O) groups excluding carboxylic acids is 1. The van der Waals surface area contributed by atoms with Crippen molar-refractivity contribution in [3.8, 4) is 0 Å². The molecule has 110 valence electrons. The number of hydrogen-bond donors (Lipinski definition) is 1. The molecule has 0 saturated carbocycles. The standard InChI is InChI=1S/C18H22N2O/c1-13-8-9-17(14(2)10-13)18(21)20(3)12-16-7-5-4-6-15(16)11-19/h4-10H,11-12,19H2,1-3H3. The number of carbonyl (C=O) groups is 1. The molecule has 3 heteroatoms. The normalized spacial score (nSPS) is 10.5. The van der Waals surface area contributed by atoms with E-state index in [9.17, 15) is 4.79 Å². The van der Waals surface area contributed by atoms with Gasteiger partial charge in [0.2, 0.25) is 0 Å². The Kier molecular flexibility index (Phi) is 4.76. The molecule has 0 aliphatic carbocycles. The Bertz CT molecular complexity index is 649. The average Bonchev–Trinajstić information content (AvgIpc) is 2.47. The number of nitrogens with two attached hydrogens (primary N) is 1. The highest BCUT2D eigenvalue weighted by molar-refractivity contribution is 5.95. The third-order valence-corrected chi connectivity index (χ3v) is 3.70. The van der Waals surface area contributed by atoms with Crippen molar-refractivity contribution in [2.75, 3.05) is 7.05 Å². The van der Waals surface area contributed by atoms with Crippen LogP contribution < -0.4 is 5.73 Å². The van der Waals surface area contributed by atoms with Crippen molar-refractivity contribution >= 4 is 5.91 Å². The summed E-state index contributed by atoms with van der Waals surface area (Å²) in [4.78, 5) is 14.3. The molecule has 0 heterocycles. The van der Waals surface area contributed by atoms with Gasteiger partial charge in [0.1, 0.15) is 0 Å². The van der Waals surface area contributed by atoms with Crippen LogP contribution in [0.15, 0.2) is 42.5 Å². The van der Waals surface area contributed by atoms with E-state index in [1.807, 2.05) is 63.4 Å². The van der Waals surface area contributed by atoms with Crippen LogP contribution in [0, 0.1) is 13.8 Å². The van der Waals surface area contributed by atoms with E-state index in [0.717, 1.165) is 22.3 Å². The van der Waals surface area contributed by atoms with Crippen LogP contribution in [0.4, 0.5) is 0 Å². The fourth-order valence-corrected chi connectivity index (χ4v) is 2.50. The van der Waals surface area contributed by atoms with Gasteiger partial charge in [-0.2, -0.15) is 0 Å². The minimum atomic E-state index is 0.0410. The van der Waals surface area contributed by atoms with Gasteiger partial charge in [-0.3, -0.25) is 4.79 Å². The van der Waals surface area contributed by atoms with Crippen molar-refractivity contribution in [1.29, 1.82) is 0 Å². The molecule has 2 aromatic rings. The summed E-state index contributed by atoms with van der Waals surface area (Å²) < 4.78 is 0. The fourth-order valence-electron chi connectivity index (χ4n) is 2.50. The highest BCUT2D eigenvalue weighted by Gasteiger charge is 2.15. The minimum Gasteiger partial charge on any atom is -0.337 e. The highest BCUT2D eigenvalue weighted by atomic mass is 16.2. The number of aryl methyl sites for hydroxylation is 2. The van der Waals surface area contributed by atoms with Crippen LogP contribution in [-0.4, -0.2) is 17.9 Å². The fraction of sp³-hybridized carbons (Fsp3) is 0.278. The van der Waals surface area contributed by atoms with E-state index in [1.54, 1.807) is 4.90 Å². The molecule has 0 aliphatic heterocycles. The van der Waals surface area contributed by atoms with E-state index in [-0.39, 0.29) is 5.91 Å². The first-order valence-electron chi connectivity index (χ1n) is 7.12. The maximum Gasteiger partial charge on any atom is 0.254 e. The average molecular weight is 282 g/mol. The van der Waals surface area contributed by atoms with Gasteiger partial charge in [0.05, 0.1) is 0 Å². The lowest BCUT2D eigenvalue weighted by Gasteiger charge is -2.20. The van der Waals surface area contributed by atoms with Crippen molar-refractivity contribution in [3.63, 3.8) is 0 Å². The van der Waals surface area contributed by atoms with Crippen molar-refractivity contribution in [2.45, 2.75) is 26.9 Å². The molecular formula is C18H22N2O. The van der Waals surface area contributed by atoms with Gasteiger partial charge in [-0.05, 0) is 36.6 Å². The number of hydrogen-bond acceptors (Lipinski definition) is 2. The predicted molar refractivity (Wildman–Crippen MR) is 86.0 cm³/mol. The largest absolute Gasteiger partial charge is 0.337 e.